The number of imidazole rings is 1. The number of hydrogen-bond donors (Lipinski definition) is 1. The van der Waals surface area contributed by atoms with E-state index in [1.807, 2.05) is 4.90 Å². The van der Waals surface area contributed by atoms with E-state index in [0.29, 0.717) is 18.8 Å². The van der Waals surface area contributed by atoms with Crippen LogP contribution in [0.4, 0.5) is 0 Å². The summed E-state index contributed by atoms with van der Waals surface area (Å²) in [5.74, 6) is -0.0546. The van der Waals surface area contributed by atoms with E-state index in [-0.39, 0.29) is 17.5 Å². The Balaban J connectivity index is 1.56. The molecule has 2 aromatic heterocycles. The molecule has 3 heterocycles. The zero-order valence-corrected chi connectivity index (χ0v) is 13.6. The minimum atomic E-state index is -0.0588. The first-order chi connectivity index (χ1) is 11.7. The Morgan fingerprint density at radius 2 is 2.17 bits per heavy atom. The van der Waals surface area contributed by atoms with Crippen LogP contribution >= 0.6 is 0 Å². The summed E-state index contributed by atoms with van der Waals surface area (Å²) in [5.41, 5.74) is 2.58. The van der Waals surface area contributed by atoms with E-state index in [1.165, 1.54) is 6.33 Å². The van der Waals surface area contributed by atoms with Crippen molar-refractivity contribution in [3.8, 4) is 0 Å². The second-order valence-corrected chi connectivity index (χ2v) is 6.60. The number of amides is 1. The van der Waals surface area contributed by atoms with E-state index in [1.54, 1.807) is 16.9 Å². The molecule has 1 N–H and O–H groups in total. The number of carbonyl (C=O) groups excluding carboxylic acids is 1. The minimum absolute atomic E-state index is 0.00707. The van der Waals surface area contributed by atoms with E-state index in [2.05, 4.69) is 15.1 Å². The molecule has 2 aromatic rings. The van der Waals surface area contributed by atoms with Gasteiger partial charge in [-0.2, -0.15) is 5.10 Å². The number of aryl methyl sites for hydroxylation is 2. The van der Waals surface area contributed by atoms with Crippen LogP contribution in [0.3, 0.4) is 0 Å². The van der Waals surface area contributed by atoms with Crippen LogP contribution in [0.2, 0.25) is 0 Å². The number of likely N-dealkylation sites (tertiary alicyclic amines) is 1. The van der Waals surface area contributed by atoms with Crippen molar-refractivity contribution in [1.29, 1.82) is 0 Å². The van der Waals surface area contributed by atoms with Crippen LogP contribution in [0.5, 0.6) is 0 Å². The van der Waals surface area contributed by atoms with E-state index in [4.69, 9.17) is 0 Å². The third kappa shape index (κ3) is 2.74. The Morgan fingerprint density at radius 3 is 3.00 bits per heavy atom. The lowest BCUT2D eigenvalue weighted by Crippen LogP contribution is -2.41. The fourth-order valence-electron chi connectivity index (χ4n) is 3.75. The standard InChI is InChI=1S/C17H21N5O2/c23-16-8-12-4-1-2-6-14(12)20-22(16)10-13-5-3-7-21(13)17(24)15-9-18-11-19-15/h8-9,11,13H,1-7,10H2,(H,18,19). The molecular weight excluding hydrogens is 306 g/mol. The zero-order valence-electron chi connectivity index (χ0n) is 13.6. The van der Waals surface area contributed by atoms with E-state index in [0.717, 1.165) is 49.8 Å². The third-order valence-corrected chi connectivity index (χ3v) is 5.02. The lowest BCUT2D eigenvalue weighted by atomic mass is 9.97. The van der Waals surface area contributed by atoms with Crippen molar-refractivity contribution in [2.45, 2.75) is 51.1 Å². The lowest BCUT2D eigenvalue weighted by molar-refractivity contribution is 0.0715. The van der Waals surface area contributed by atoms with Gasteiger partial charge in [-0.25, -0.2) is 9.67 Å². The largest absolute Gasteiger partial charge is 0.341 e. The van der Waals surface area contributed by atoms with Gasteiger partial charge in [0.25, 0.3) is 11.5 Å². The lowest BCUT2D eigenvalue weighted by Gasteiger charge is -2.25. The van der Waals surface area contributed by atoms with Gasteiger partial charge in [0.15, 0.2) is 0 Å². The summed E-state index contributed by atoms with van der Waals surface area (Å²) in [4.78, 5) is 33.6. The van der Waals surface area contributed by atoms with Gasteiger partial charge in [-0.3, -0.25) is 9.59 Å². The average molecular weight is 327 g/mol. The average Bonchev–Trinajstić information content (AvgIpc) is 3.26. The quantitative estimate of drug-likeness (QED) is 0.916. The van der Waals surface area contributed by atoms with Crippen molar-refractivity contribution in [1.82, 2.24) is 24.6 Å². The number of aromatic nitrogens is 4. The number of H-pyrrole nitrogens is 1. The highest BCUT2D eigenvalue weighted by atomic mass is 16.2. The van der Waals surface area contributed by atoms with Crippen LogP contribution in [0.1, 0.15) is 47.4 Å². The molecule has 1 aliphatic heterocycles. The summed E-state index contributed by atoms with van der Waals surface area (Å²) in [6, 6.07) is 1.74. The number of carbonyl (C=O) groups is 1. The van der Waals surface area contributed by atoms with Crippen molar-refractivity contribution in [3.05, 3.63) is 45.9 Å². The highest BCUT2D eigenvalue weighted by Gasteiger charge is 2.31. The van der Waals surface area contributed by atoms with Crippen molar-refractivity contribution in [3.63, 3.8) is 0 Å². The molecular formula is C17H21N5O2. The van der Waals surface area contributed by atoms with Crippen molar-refractivity contribution in [2.24, 2.45) is 0 Å². The molecule has 2 aliphatic rings. The maximum absolute atomic E-state index is 12.6. The Bertz CT molecular complexity index is 796. The van der Waals surface area contributed by atoms with Crippen LogP contribution in [0.25, 0.3) is 0 Å². The molecule has 0 saturated carbocycles. The molecule has 0 radical (unpaired) electrons. The summed E-state index contributed by atoms with van der Waals surface area (Å²) in [5, 5.41) is 4.58. The Kier molecular flexibility index (Phi) is 3.92. The van der Waals surface area contributed by atoms with Gasteiger partial charge in [-0.1, -0.05) is 0 Å². The molecule has 4 rings (SSSR count). The van der Waals surface area contributed by atoms with Crippen LogP contribution in [-0.4, -0.2) is 43.1 Å². The predicted molar refractivity (Wildman–Crippen MR) is 87.8 cm³/mol. The Morgan fingerprint density at radius 1 is 1.29 bits per heavy atom. The number of hydrogen-bond acceptors (Lipinski definition) is 4. The number of nitrogens with one attached hydrogen (secondary N) is 1. The molecule has 7 heteroatoms. The summed E-state index contributed by atoms with van der Waals surface area (Å²) in [6.45, 7) is 1.17. The van der Waals surface area contributed by atoms with Gasteiger partial charge in [0, 0.05) is 12.6 Å². The van der Waals surface area contributed by atoms with Crippen molar-refractivity contribution < 1.29 is 4.79 Å². The van der Waals surface area contributed by atoms with E-state index in [9.17, 15) is 9.59 Å². The van der Waals surface area contributed by atoms with Gasteiger partial charge < -0.3 is 9.88 Å². The third-order valence-electron chi connectivity index (χ3n) is 5.02. The molecule has 0 bridgehead atoms. The SMILES string of the molecule is O=C(c1cnc[nH]1)N1CCCC1Cn1nc2c(cc1=O)CCCC2. The number of aromatic amines is 1. The van der Waals surface area contributed by atoms with Crippen LogP contribution in [-0.2, 0) is 19.4 Å². The fourth-order valence-corrected chi connectivity index (χ4v) is 3.75. The fraction of sp³-hybridized carbons (Fsp3) is 0.529. The second kappa shape index (κ2) is 6.22. The molecule has 0 aromatic carbocycles. The molecule has 24 heavy (non-hydrogen) atoms. The van der Waals surface area contributed by atoms with Crippen molar-refractivity contribution >= 4 is 5.91 Å². The van der Waals surface area contributed by atoms with Crippen LogP contribution in [0.15, 0.2) is 23.4 Å². The van der Waals surface area contributed by atoms with Crippen LogP contribution < -0.4 is 5.56 Å². The molecule has 1 saturated heterocycles. The van der Waals surface area contributed by atoms with Gasteiger partial charge >= 0.3 is 0 Å². The smallest absolute Gasteiger partial charge is 0.272 e. The van der Waals surface area contributed by atoms with Gasteiger partial charge in [0.05, 0.1) is 30.8 Å². The highest BCUT2D eigenvalue weighted by molar-refractivity contribution is 5.92. The molecule has 126 valence electrons. The van der Waals surface area contributed by atoms with Gasteiger partial charge in [-0.05, 0) is 44.1 Å². The molecule has 7 nitrogen and oxygen atoms in total. The second-order valence-electron chi connectivity index (χ2n) is 6.60. The van der Waals surface area contributed by atoms with Gasteiger partial charge in [-0.15, -0.1) is 0 Å². The minimum Gasteiger partial charge on any atom is -0.341 e. The maximum Gasteiger partial charge on any atom is 0.272 e. The molecule has 1 aliphatic carbocycles. The van der Waals surface area contributed by atoms with E-state index >= 15 is 0 Å². The summed E-state index contributed by atoms with van der Waals surface area (Å²) < 4.78 is 1.55. The van der Waals surface area contributed by atoms with Crippen LogP contribution in [0, 0.1) is 0 Å². The first kappa shape index (κ1) is 15.1. The number of rotatable bonds is 3. The Labute approximate surface area is 139 Å². The summed E-state index contributed by atoms with van der Waals surface area (Å²) in [6.07, 6.45) is 9.05. The predicted octanol–water partition coefficient (Wildman–Crippen LogP) is 1.15. The highest BCUT2D eigenvalue weighted by Crippen LogP contribution is 2.21. The van der Waals surface area contributed by atoms with Crippen molar-refractivity contribution in [2.75, 3.05) is 6.54 Å². The molecule has 0 spiro atoms. The zero-order chi connectivity index (χ0) is 16.5. The molecule has 1 amide bonds. The van der Waals surface area contributed by atoms with Gasteiger partial charge in [0.2, 0.25) is 0 Å². The maximum atomic E-state index is 12.6. The number of nitrogens with zero attached hydrogens (tertiary/aromatic N) is 4. The first-order valence-electron chi connectivity index (χ1n) is 8.61. The number of fused-ring (bicyclic) bond motifs is 1. The summed E-state index contributed by atoms with van der Waals surface area (Å²) in [7, 11) is 0. The monoisotopic (exact) mass is 327 g/mol. The molecule has 1 unspecified atom stereocenters. The molecule has 1 fully saturated rings. The van der Waals surface area contributed by atoms with E-state index < -0.39 is 0 Å². The molecule has 1 atom stereocenters. The van der Waals surface area contributed by atoms with Gasteiger partial charge in [0.1, 0.15) is 5.69 Å². The summed E-state index contributed by atoms with van der Waals surface area (Å²) >= 11 is 0. The first-order valence-corrected chi connectivity index (χ1v) is 8.61. The normalized spacial score (nSPS) is 20.2. The Hall–Kier alpha value is -2.44. The topological polar surface area (TPSA) is 83.9 Å².